The zero-order valence-corrected chi connectivity index (χ0v) is 21.4. The van der Waals surface area contributed by atoms with Crippen LogP contribution in [0.1, 0.15) is 24.4 Å². The lowest BCUT2D eigenvalue weighted by Crippen LogP contribution is -2.08. The molecular weight excluding hydrogens is 496 g/mol. The molecule has 0 amide bonds. The molecule has 0 N–H and O–H groups in total. The van der Waals surface area contributed by atoms with Gasteiger partial charge in [0.25, 0.3) is 0 Å². The van der Waals surface area contributed by atoms with Crippen molar-refractivity contribution in [3.05, 3.63) is 68.4 Å². The van der Waals surface area contributed by atoms with Crippen molar-refractivity contribution in [2.45, 2.75) is 25.7 Å². The van der Waals surface area contributed by atoms with Crippen LogP contribution in [0, 0.1) is 0 Å². The Hall–Kier alpha value is -4.60. The van der Waals surface area contributed by atoms with Crippen LogP contribution in [0.4, 0.5) is 0 Å². The number of ether oxygens (including phenoxy) is 4. The Morgan fingerprint density at radius 1 is 0.658 bits per heavy atom. The van der Waals surface area contributed by atoms with Crippen LogP contribution in [-0.2, 0) is 31.9 Å². The standard InChI is InChI=1S/C28H26O10/c1-33-21-9-7-17(27-25(21)19(29)13-15(37-27)5-11-23(31)35-3)18-8-10-22(34-2)26-20(30)14-16(38-28(18)26)6-12-24(32)36-4/h7-10,13-14H,5-6,11-12H2,1-4H3. The topological polar surface area (TPSA) is 131 Å². The minimum absolute atomic E-state index is 0.0220. The van der Waals surface area contributed by atoms with E-state index in [0.29, 0.717) is 22.6 Å². The predicted octanol–water partition coefficient (Wildman–Crippen LogP) is 3.79. The number of carbonyl (C=O) groups excluding carboxylic acids is 2. The van der Waals surface area contributed by atoms with Gasteiger partial charge >= 0.3 is 11.9 Å². The van der Waals surface area contributed by atoms with Gasteiger partial charge in [0.2, 0.25) is 0 Å². The summed E-state index contributed by atoms with van der Waals surface area (Å²) in [5.41, 5.74) is 0.597. The SMILES string of the molecule is COC(=O)CCc1cc(=O)c2c(OC)ccc(-c3ccc(OC)c4c(=O)cc(CCC(=O)OC)oc34)c2o1. The molecule has 2 aromatic carbocycles. The molecule has 2 heterocycles. The molecule has 38 heavy (non-hydrogen) atoms. The normalized spacial score (nSPS) is 10.9. The summed E-state index contributed by atoms with van der Waals surface area (Å²) >= 11 is 0. The van der Waals surface area contributed by atoms with Gasteiger partial charge in [0, 0.05) is 36.1 Å². The van der Waals surface area contributed by atoms with E-state index in [1.54, 1.807) is 24.3 Å². The molecule has 0 aliphatic rings. The highest BCUT2D eigenvalue weighted by molar-refractivity contribution is 6.04. The third-order valence-corrected chi connectivity index (χ3v) is 6.12. The zero-order chi connectivity index (χ0) is 27.4. The Morgan fingerprint density at radius 2 is 1.05 bits per heavy atom. The fraction of sp³-hybridized carbons (Fsp3) is 0.286. The van der Waals surface area contributed by atoms with Gasteiger partial charge in [-0.1, -0.05) is 0 Å². The number of fused-ring (bicyclic) bond motifs is 2. The average Bonchev–Trinajstić information content (AvgIpc) is 2.93. The van der Waals surface area contributed by atoms with Crippen molar-refractivity contribution in [3.8, 4) is 22.6 Å². The number of rotatable bonds is 9. The van der Waals surface area contributed by atoms with E-state index in [2.05, 4.69) is 0 Å². The molecule has 4 rings (SSSR count). The van der Waals surface area contributed by atoms with Crippen LogP contribution in [0.25, 0.3) is 33.1 Å². The van der Waals surface area contributed by atoms with Gasteiger partial charge in [-0.15, -0.1) is 0 Å². The van der Waals surface area contributed by atoms with Gasteiger partial charge in [-0.3, -0.25) is 19.2 Å². The third-order valence-electron chi connectivity index (χ3n) is 6.12. The average molecular weight is 523 g/mol. The number of benzene rings is 2. The maximum absolute atomic E-state index is 13.1. The number of esters is 2. The summed E-state index contributed by atoms with van der Waals surface area (Å²) in [6.07, 6.45) is 0.331. The van der Waals surface area contributed by atoms with Gasteiger partial charge in [-0.05, 0) is 24.3 Å². The second-order valence-corrected chi connectivity index (χ2v) is 8.35. The molecule has 0 aliphatic carbocycles. The summed E-state index contributed by atoms with van der Waals surface area (Å²) < 4.78 is 32.5. The summed E-state index contributed by atoms with van der Waals surface area (Å²) in [5, 5.41) is 0.389. The van der Waals surface area contributed by atoms with E-state index >= 15 is 0 Å². The first kappa shape index (κ1) is 26.5. The van der Waals surface area contributed by atoms with Crippen LogP contribution in [-0.4, -0.2) is 40.4 Å². The number of hydrogen-bond acceptors (Lipinski definition) is 10. The molecule has 0 saturated heterocycles. The lowest BCUT2D eigenvalue weighted by molar-refractivity contribution is -0.141. The van der Waals surface area contributed by atoms with Crippen molar-refractivity contribution in [2.24, 2.45) is 0 Å². The maximum Gasteiger partial charge on any atom is 0.305 e. The number of hydrogen-bond donors (Lipinski definition) is 0. The Kier molecular flexibility index (Phi) is 7.80. The van der Waals surface area contributed by atoms with Crippen molar-refractivity contribution >= 4 is 33.9 Å². The van der Waals surface area contributed by atoms with Crippen LogP contribution < -0.4 is 20.3 Å². The third kappa shape index (κ3) is 5.10. The fourth-order valence-corrected chi connectivity index (χ4v) is 4.23. The molecule has 0 saturated carbocycles. The molecule has 0 radical (unpaired) electrons. The highest BCUT2D eigenvalue weighted by Gasteiger charge is 2.21. The summed E-state index contributed by atoms with van der Waals surface area (Å²) in [7, 11) is 5.44. The fourth-order valence-electron chi connectivity index (χ4n) is 4.23. The monoisotopic (exact) mass is 522 g/mol. The molecule has 0 aliphatic heterocycles. The van der Waals surface area contributed by atoms with Crippen molar-refractivity contribution in [3.63, 3.8) is 0 Å². The minimum atomic E-state index is -0.444. The second kappa shape index (κ2) is 11.2. The summed E-state index contributed by atoms with van der Waals surface area (Å²) in [6.45, 7) is 0. The lowest BCUT2D eigenvalue weighted by atomic mass is 9.98. The summed E-state index contributed by atoms with van der Waals surface area (Å²) in [4.78, 5) is 49.6. The van der Waals surface area contributed by atoms with Crippen LogP contribution >= 0.6 is 0 Å². The first-order valence-electron chi connectivity index (χ1n) is 11.7. The van der Waals surface area contributed by atoms with Gasteiger partial charge in [0.1, 0.15) is 45.0 Å². The molecule has 2 aromatic heterocycles. The quantitative estimate of drug-likeness (QED) is 0.299. The molecule has 10 heteroatoms. The first-order chi connectivity index (χ1) is 18.3. The van der Waals surface area contributed by atoms with Crippen LogP contribution in [0.3, 0.4) is 0 Å². The first-order valence-corrected chi connectivity index (χ1v) is 11.7. The van der Waals surface area contributed by atoms with E-state index in [9.17, 15) is 19.2 Å². The lowest BCUT2D eigenvalue weighted by Gasteiger charge is -2.14. The Balaban J connectivity index is 1.99. The maximum atomic E-state index is 13.1. The van der Waals surface area contributed by atoms with Gasteiger partial charge in [-0.25, -0.2) is 0 Å². The molecular formula is C28H26O10. The van der Waals surface area contributed by atoms with E-state index in [1.165, 1.54) is 40.6 Å². The Labute approximate surface area is 216 Å². The van der Waals surface area contributed by atoms with E-state index in [-0.39, 0.29) is 70.0 Å². The predicted molar refractivity (Wildman–Crippen MR) is 138 cm³/mol. The van der Waals surface area contributed by atoms with Gasteiger partial charge < -0.3 is 27.8 Å². The molecule has 0 bridgehead atoms. The van der Waals surface area contributed by atoms with E-state index in [1.807, 2.05) is 0 Å². The number of methoxy groups -OCH3 is 4. The minimum Gasteiger partial charge on any atom is -0.496 e. The van der Waals surface area contributed by atoms with E-state index in [0.717, 1.165) is 0 Å². The zero-order valence-electron chi connectivity index (χ0n) is 21.4. The summed E-state index contributed by atoms with van der Waals surface area (Å²) in [6, 6.07) is 9.26. The molecule has 4 aromatic rings. The Bertz CT molecular complexity index is 1520. The molecule has 0 spiro atoms. The van der Waals surface area contributed by atoms with E-state index in [4.69, 9.17) is 27.8 Å². The molecule has 10 nitrogen and oxygen atoms in total. The van der Waals surface area contributed by atoms with Gasteiger partial charge in [-0.2, -0.15) is 0 Å². The molecule has 0 fully saturated rings. The van der Waals surface area contributed by atoms with Crippen molar-refractivity contribution in [2.75, 3.05) is 28.4 Å². The number of carbonyl (C=O) groups is 2. The van der Waals surface area contributed by atoms with Gasteiger partial charge in [0.05, 0.1) is 41.3 Å². The second-order valence-electron chi connectivity index (χ2n) is 8.35. The van der Waals surface area contributed by atoms with Crippen molar-refractivity contribution in [1.29, 1.82) is 0 Å². The van der Waals surface area contributed by atoms with Crippen LogP contribution in [0.2, 0.25) is 0 Å². The van der Waals surface area contributed by atoms with Crippen molar-refractivity contribution < 1.29 is 37.4 Å². The van der Waals surface area contributed by atoms with Crippen LogP contribution in [0.5, 0.6) is 11.5 Å². The molecule has 0 atom stereocenters. The highest BCUT2D eigenvalue weighted by Crippen LogP contribution is 2.39. The van der Waals surface area contributed by atoms with Crippen LogP contribution in [0.15, 0.2) is 54.8 Å². The smallest absolute Gasteiger partial charge is 0.305 e. The Morgan fingerprint density at radius 3 is 1.39 bits per heavy atom. The van der Waals surface area contributed by atoms with Gasteiger partial charge in [0.15, 0.2) is 10.9 Å². The van der Waals surface area contributed by atoms with E-state index < -0.39 is 11.9 Å². The highest BCUT2D eigenvalue weighted by atomic mass is 16.5. The number of aryl methyl sites for hydroxylation is 2. The largest absolute Gasteiger partial charge is 0.496 e. The molecule has 198 valence electrons. The summed E-state index contributed by atoms with van der Waals surface area (Å²) in [5.74, 6) is 0.271. The van der Waals surface area contributed by atoms with Crippen molar-refractivity contribution in [1.82, 2.24) is 0 Å². The molecule has 0 unspecified atom stereocenters.